The molecule has 4 nitrogen and oxygen atoms in total. The van der Waals surface area contributed by atoms with Gasteiger partial charge in [-0.1, -0.05) is 11.6 Å². The molecule has 2 rings (SSSR count). The molecule has 0 radical (unpaired) electrons. The molecule has 0 unspecified atom stereocenters. The summed E-state index contributed by atoms with van der Waals surface area (Å²) in [6.45, 7) is 6.01. The average Bonchev–Trinajstić information content (AvgIpc) is 2.52. The van der Waals surface area contributed by atoms with Gasteiger partial charge in [-0.15, -0.1) is 0 Å². The van der Waals surface area contributed by atoms with Gasteiger partial charge in [0.1, 0.15) is 11.4 Å². The molecular weight excluding hydrogens is 295 g/mol. The second-order valence-corrected chi connectivity index (χ2v) is 6.63. The van der Waals surface area contributed by atoms with Gasteiger partial charge < -0.3 is 15.4 Å². The highest BCUT2D eigenvalue weighted by molar-refractivity contribution is 6.31. The van der Waals surface area contributed by atoms with Gasteiger partial charge in [-0.2, -0.15) is 0 Å². The van der Waals surface area contributed by atoms with Gasteiger partial charge in [0.25, 0.3) is 0 Å². The first-order valence-electron chi connectivity index (χ1n) is 6.89. The van der Waals surface area contributed by atoms with Crippen LogP contribution in [0.3, 0.4) is 0 Å². The Bertz CT molecular complexity index is 557. The zero-order chi connectivity index (χ0) is 15.8. The van der Waals surface area contributed by atoms with Gasteiger partial charge in [0, 0.05) is 23.2 Å². The molecule has 1 aromatic carbocycles. The highest BCUT2D eigenvalue weighted by Gasteiger charge is 2.29. The van der Waals surface area contributed by atoms with Crippen LogP contribution in [0.2, 0.25) is 5.02 Å². The van der Waals surface area contributed by atoms with E-state index in [0.29, 0.717) is 29.1 Å². The van der Waals surface area contributed by atoms with Gasteiger partial charge in [-0.25, -0.2) is 9.18 Å². The molecule has 0 bridgehead atoms. The van der Waals surface area contributed by atoms with Gasteiger partial charge in [0.05, 0.1) is 6.54 Å². The fraction of sp³-hybridized carbons (Fsp3) is 0.533. The van der Waals surface area contributed by atoms with E-state index in [2.05, 4.69) is 0 Å². The highest BCUT2D eigenvalue weighted by atomic mass is 35.5. The summed E-state index contributed by atoms with van der Waals surface area (Å²) in [6.07, 6.45) is 0.0200. The minimum Gasteiger partial charge on any atom is -0.444 e. The number of halogens is 2. The summed E-state index contributed by atoms with van der Waals surface area (Å²) in [6, 6.07) is 2.32. The number of carbonyl (C=O) groups excluding carboxylic acids is 1. The minimum atomic E-state index is -0.583. The molecular formula is C15H20ClFN2O2. The van der Waals surface area contributed by atoms with Crippen molar-refractivity contribution in [3.05, 3.63) is 34.1 Å². The number of fused-ring (bicyclic) bond motifs is 1. The predicted molar refractivity (Wildman–Crippen MR) is 79.6 cm³/mol. The number of hydrogen-bond acceptors (Lipinski definition) is 3. The van der Waals surface area contributed by atoms with E-state index >= 15 is 0 Å². The van der Waals surface area contributed by atoms with Crippen molar-refractivity contribution in [2.75, 3.05) is 6.54 Å². The Morgan fingerprint density at radius 2 is 2.14 bits per heavy atom. The monoisotopic (exact) mass is 314 g/mol. The Kier molecular flexibility index (Phi) is 4.44. The second kappa shape index (κ2) is 5.81. The SMILES string of the molecule is CC(C)(C)OC(=O)N1CC[C@H](N)c2c(F)ccc(Cl)c2C1. The lowest BCUT2D eigenvalue weighted by atomic mass is 9.99. The molecule has 6 heteroatoms. The quantitative estimate of drug-likeness (QED) is 0.795. The summed E-state index contributed by atoms with van der Waals surface area (Å²) in [7, 11) is 0. The fourth-order valence-electron chi connectivity index (χ4n) is 2.36. The van der Waals surface area contributed by atoms with E-state index in [0.717, 1.165) is 0 Å². The Labute approximate surface area is 129 Å². The smallest absolute Gasteiger partial charge is 0.410 e. The third kappa shape index (κ3) is 3.66. The lowest BCUT2D eigenvalue weighted by molar-refractivity contribution is 0.0235. The Balaban J connectivity index is 2.31. The molecule has 0 aromatic heterocycles. The van der Waals surface area contributed by atoms with E-state index in [9.17, 15) is 9.18 Å². The van der Waals surface area contributed by atoms with Crippen molar-refractivity contribution in [1.29, 1.82) is 0 Å². The Hall–Kier alpha value is -1.33. The van der Waals surface area contributed by atoms with Crippen LogP contribution in [-0.2, 0) is 11.3 Å². The van der Waals surface area contributed by atoms with Crippen LogP contribution in [0.25, 0.3) is 0 Å². The van der Waals surface area contributed by atoms with E-state index in [-0.39, 0.29) is 12.4 Å². The summed E-state index contributed by atoms with van der Waals surface area (Å²) in [5.74, 6) is -0.382. The number of hydrogen-bond donors (Lipinski definition) is 1. The van der Waals surface area contributed by atoms with Crippen LogP contribution in [0.15, 0.2) is 12.1 Å². The number of carbonyl (C=O) groups is 1. The Morgan fingerprint density at radius 3 is 2.76 bits per heavy atom. The van der Waals surface area contributed by atoms with E-state index < -0.39 is 17.7 Å². The maximum absolute atomic E-state index is 14.0. The van der Waals surface area contributed by atoms with Crippen molar-refractivity contribution in [1.82, 2.24) is 4.90 Å². The van der Waals surface area contributed by atoms with Crippen molar-refractivity contribution in [2.24, 2.45) is 5.73 Å². The average molecular weight is 315 g/mol. The van der Waals surface area contributed by atoms with E-state index in [1.54, 1.807) is 20.8 Å². The molecule has 0 fully saturated rings. The van der Waals surface area contributed by atoms with Crippen LogP contribution >= 0.6 is 11.6 Å². The second-order valence-electron chi connectivity index (χ2n) is 6.22. The molecule has 0 aliphatic carbocycles. The third-order valence-electron chi connectivity index (χ3n) is 3.33. The van der Waals surface area contributed by atoms with Gasteiger partial charge in [-0.05, 0) is 44.9 Å². The first-order valence-corrected chi connectivity index (χ1v) is 7.27. The maximum Gasteiger partial charge on any atom is 0.410 e. The standard InChI is InChI=1S/C15H20ClFN2O2/c1-15(2,3)21-14(20)19-7-6-12(18)13-9(8-19)10(16)4-5-11(13)17/h4-5,12H,6-8,18H2,1-3H3/t12-/m0/s1. The van der Waals surface area contributed by atoms with E-state index in [1.165, 1.54) is 17.0 Å². The van der Waals surface area contributed by atoms with Gasteiger partial charge in [0.2, 0.25) is 0 Å². The molecule has 1 aliphatic rings. The molecule has 0 saturated carbocycles. The largest absolute Gasteiger partial charge is 0.444 e. The molecule has 1 aromatic rings. The van der Waals surface area contributed by atoms with Crippen LogP contribution in [0.4, 0.5) is 9.18 Å². The number of benzene rings is 1. The highest BCUT2D eigenvalue weighted by Crippen LogP contribution is 2.32. The molecule has 1 aliphatic heterocycles. The maximum atomic E-state index is 14.0. The normalized spacial score (nSPS) is 19.0. The topological polar surface area (TPSA) is 55.6 Å². The van der Waals surface area contributed by atoms with Crippen molar-refractivity contribution in [3.8, 4) is 0 Å². The Morgan fingerprint density at radius 1 is 1.48 bits per heavy atom. The molecule has 116 valence electrons. The molecule has 0 saturated heterocycles. The van der Waals surface area contributed by atoms with Crippen LogP contribution in [0.1, 0.15) is 44.4 Å². The fourth-order valence-corrected chi connectivity index (χ4v) is 2.59. The molecule has 1 atom stereocenters. The summed E-state index contributed by atoms with van der Waals surface area (Å²) in [5.41, 5.74) is 6.40. The summed E-state index contributed by atoms with van der Waals surface area (Å²) < 4.78 is 19.4. The van der Waals surface area contributed by atoms with Gasteiger partial charge in [-0.3, -0.25) is 0 Å². The summed E-state index contributed by atoms with van der Waals surface area (Å²) >= 11 is 6.15. The summed E-state index contributed by atoms with van der Waals surface area (Å²) in [5, 5.41) is 0.414. The van der Waals surface area contributed by atoms with Gasteiger partial charge >= 0.3 is 6.09 Å². The zero-order valence-electron chi connectivity index (χ0n) is 12.5. The van der Waals surface area contributed by atoms with Gasteiger partial charge in [0.15, 0.2) is 0 Å². The van der Waals surface area contributed by atoms with Crippen LogP contribution in [-0.4, -0.2) is 23.1 Å². The zero-order valence-corrected chi connectivity index (χ0v) is 13.2. The van der Waals surface area contributed by atoms with Crippen molar-refractivity contribution < 1.29 is 13.9 Å². The van der Waals surface area contributed by atoms with Crippen molar-refractivity contribution in [2.45, 2.75) is 45.4 Å². The number of nitrogens with two attached hydrogens (primary N) is 1. The number of nitrogens with zero attached hydrogens (tertiary/aromatic N) is 1. The number of amides is 1. The molecule has 21 heavy (non-hydrogen) atoms. The summed E-state index contributed by atoms with van der Waals surface area (Å²) in [4.78, 5) is 13.7. The lowest BCUT2D eigenvalue weighted by Gasteiger charge is -2.26. The lowest BCUT2D eigenvalue weighted by Crippen LogP contribution is -2.36. The third-order valence-corrected chi connectivity index (χ3v) is 3.68. The van der Waals surface area contributed by atoms with Crippen LogP contribution < -0.4 is 5.73 Å². The van der Waals surface area contributed by atoms with Crippen LogP contribution in [0.5, 0.6) is 0 Å². The number of rotatable bonds is 0. The molecule has 1 heterocycles. The minimum absolute atomic E-state index is 0.203. The molecule has 2 N–H and O–H groups in total. The van der Waals surface area contributed by atoms with E-state index in [1.807, 2.05) is 0 Å². The first-order chi connectivity index (χ1) is 9.69. The molecule has 0 spiro atoms. The first kappa shape index (κ1) is 16.0. The predicted octanol–water partition coefficient (Wildman–Crippen LogP) is 3.62. The molecule has 1 amide bonds. The van der Waals surface area contributed by atoms with Crippen molar-refractivity contribution >= 4 is 17.7 Å². The van der Waals surface area contributed by atoms with Crippen molar-refractivity contribution in [3.63, 3.8) is 0 Å². The van der Waals surface area contributed by atoms with E-state index in [4.69, 9.17) is 22.1 Å². The number of ether oxygens (including phenoxy) is 1. The van der Waals surface area contributed by atoms with Crippen LogP contribution in [0, 0.1) is 5.82 Å².